The van der Waals surface area contributed by atoms with E-state index in [9.17, 15) is 4.79 Å². The monoisotopic (exact) mass is 511 g/mol. The maximum atomic E-state index is 12.1. The summed E-state index contributed by atoms with van der Waals surface area (Å²) in [6.07, 6.45) is 3.52. The van der Waals surface area contributed by atoms with E-state index in [2.05, 4.69) is 45.8 Å². The molecule has 3 N–H and O–H groups in total. The second-order valence-corrected chi connectivity index (χ2v) is 8.78. The van der Waals surface area contributed by atoms with Gasteiger partial charge in [-0.15, -0.1) is 0 Å². The molecule has 194 valence electrons. The van der Waals surface area contributed by atoms with Crippen molar-refractivity contribution in [3.8, 4) is 11.5 Å². The minimum absolute atomic E-state index is 0.180. The molecule has 1 aliphatic heterocycles. The van der Waals surface area contributed by atoms with Gasteiger partial charge in [-0.25, -0.2) is 19.9 Å². The van der Waals surface area contributed by atoms with Crippen molar-refractivity contribution < 1.29 is 9.53 Å². The van der Waals surface area contributed by atoms with E-state index in [0.29, 0.717) is 29.1 Å². The fourth-order valence-corrected chi connectivity index (χ4v) is 4.21. The Balaban J connectivity index is 1.34. The van der Waals surface area contributed by atoms with Crippen molar-refractivity contribution in [2.45, 2.75) is 13.3 Å². The van der Waals surface area contributed by atoms with Gasteiger partial charge in [-0.1, -0.05) is 6.07 Å². The van der Waals surface area contributed by atoms with Crippen LogP contribution >= 0.6 is 0 Å². The molecule has 4 heterocycles. The number of aromatic nitrogens is 5. The number of aryl methyl sites for hydroxylation is 1. The first-order valence-corrected chi connectivity index (χ1v) is 12.4. The van der Waals surface area contributed by atoms with Crippen LogP contribution in [0.5, 0.6) is 0 Å². The highest BCUT2D eigenvalue weighted by molar-refractivity contribution is 5.77. The second kappa shape index (κ2) is 11.6. The molecule has 11 heteroatoms. The minimum Gasteiger partial charge on any atom is -0.469 e. The molecule has 1 aliphatic rings. The van der Waals surface area contributed by atoms with E-state index >= 15 is 0 Å². The third kappa shape index (κ3) is 6.19. The molecule has 1 fully saturated rings. The summed E-state index contributed by atoms with van der Waals surface area (Å²) in [5.74, 6) is 1.80. The predicted molar refractivity (Wildman–Crippen MR) is 146 cm³/mol. The van der Waals surface area contributed by atoms with Crippen molar-refractivity contribution in [1.29, 1.82) is 0 Å². The van der Waals surface area contributed by atoms with Gasteiger partial charge in [0, 0.05) is 55.6 Å². The number of piperazine rings is 1. The number of benzene rings is 1. The van der Waals surface area contributed by atoms with Crippen molar-refractivity contribution >= 4 is 34.9 Å². The van der Waals surface area contributed by atoms with E-state index < -0.39 is 0 Å². The topological polar surface area (TPSA) is 130 Å². The van der Waals surface area contributed by atoms with Gasteiger partial charge in [-0.3, -0.25) is 4.79 Å². The summed E-state index contributed by atoms with van der Waals surface area (Å²) in [5.41, 5.74) is 4.28. The number of methoxy groups -OCH3 is 1. The lowest BCUT2D eigenvalue weighted by molar-refractivity contribution is -0.139. The minimum atomic E-state index is -0.286. The van der Waals surface area contributed by atoms with E-state index in [1.165, 1.54) is 7.11 Å². The number of anilines is 5. The number of pyridine rings is 1. The average Bonchev–Trinajstić information content (AvgIpc) is 2.94. The van der Waals surface area contributed by atoms with E-state index in [-0.39, 0.29) is 12.4 Å². The number of esters is 1. The first kappa shape index (κ1) is 25.0. The zero-order valence-electron chi connectivity index (χ0n) is 21.3. The molecule has 3 aromatic heterocycles. The van der Waals surface area contributed by atoms with E-state index in [1.807, 2.05) is 43.3 Å². The van der Waals surface area contributed by atoms with Crippen LogP contribution in [0.25, 0.3) is 11.5 Å². The molecule has 1 aromatic carbocycles. The lowest BCUT2D eigenvalue weighted by Crippen LogP contribution is -2.44. The van der Waals surface area contributed by atoms with Gasteiger partial charge in [0.2, 0.25) is 5.95 Å². The highest BCUT2D eigenvalue weighted by atomic mass is 16.5. The normalized spacial score (nSPS) is 13.2. The highest BCUT2D eigenvalue weighted by Gasteiger charge is 2.17. The quantitative estimate of drug-likeness (QED) is 0.301. The van der Waals surface area contributed by atoms with Crippen LogP contribution < -0.4 is 20.9 Å². The van der Waals surface area contributed by atoms with Crippen molar-refractivity contribution in [3.05, 3.63) is 72.2 Å². The number of hydrogen-bond acceptors (Lipinski definition) is 11. The molecular weight excluding hydrogens is 482 g/mol. The van der Waals surface area contributed by atoms with Gasteiger partial charge in [-0.2, -0.15) is 4.98 Å². The molecule has 11 nitrogen and oxygen atoms in total. The molecule has 0 atom stereocenters. The van der Waals surface area contributed by atoms with Crippen molar-refractivity contribution in [3.63, 3.8) is 0 Å². The van der Waals surface area contributed by atoms with Gasteiger partial charge in [0.15, 0.2) is 5.82 Å². The summed E-state index contributed by atoms with van der Waals surface area (Å²) >= 11 is 0. The third-order valence-electron chi connectivity index (χ3n) is 6.04. The third-order valence-corrected chi connectivity index (χ3v) is 6.04. The first-order valence-electron chi connectivity index (χ1n) is 12.4. The number of rotatable bonds is 8. The van der Waals surface area contributed by atoms with Crippen molar-refractivity contribution in [1.82, 2.24) is 30.2 Å². The zero-order valence-corrected chi connectivity index (χ0v) is 21.3. The van der Waals surface area contributed by atoms with Crippen molar-refractivity contribution in [2.24, 2.45) is 0 Å². The maximum absolute atomic E-state index is 12.1. The molecular formula is C27H29N9O2. The Morgan fingerprint density at radius 1 is 0.974 bits per heavy atom. The Morgan fingerprint density at radius 3 is 2.55 bits per heavy atom. The van der Waals surface area contributed by atoms with Crippen LogP contribution in [0, 0.1) is 6.92 Å². The molecule has 0 bridgehead atoms. The van der Waals surface area contributed by atoms with Gasteiger partial charge in [0.25, 0.3) is 0 Å². The Bertz CT molecular complexity index is 1420. The molecule has 5 rings (SSSR count). The van der Waals surface area contributed by atoms with Gasteiger partial charge in [0.1, 0.15) is 17.3 Å². The number of hydrogen-bond donors (Lipinski definition) is 3. The summed E-state index contributed by atoms with van der Waals surface area (Å²) in [6.45, 7) is 5.49. The van der Waals surface area contributed by atoms with Crippen LogP contribution in [0.2, 0.25) is 0 Å². The molecule has 0 spiro atoms. The van der Waals surface area contributed by atoms with Crippen LogP contribution in [0.3, 0.4) is 0 Å². The molecule has 1 saturated heterocycles. The average molecular weight is 512 g/mol. The lowest BCUT2D eigenvalue weighted by atomic mass is 10.1. The van der Waals surface area contributed by atoms with Crippen LogP contribution in [0.1, 0.15) is 11.3 Å². The molecule has 0 radical (unpaired) electrons. The van der Waals surface area contributed by atoms with Gasteiger partial charge in [-0.05, 0) is 55.0 Å². The van der Waals surface area contributed by atoms with Crippen LogP contribution in [-0.2, 0) is 16.0 Å². The van der Waals surface area contributed by atoms with Crippen LogP contribution in [0.15, 0.2) is 60.9 Å². The number of carbonyl (C=O) groups excluding carboxylic acids is 1. The van der Waals surface area contributed by atoms with Crippen LogP contribution in [-0.4, -0.2) is 64.2 Å². The van der Waals surface area contributed by atoms with E-state index in [4.69, 9.17) is 4.74 Å². The number of ether oxygens (including phenoxy) is 1. The summed E-state index contributed by atoms with van der Waals surface area (Å²) in [6, 6.07) is 15.2. The maximum Gasteiger partial charge on any atom is 0.310 e. The van der Waals surface area contributed by atoms with Crippen molar-refractivity contribution in [2.75, 3.05) is 48.8 Å². The smallest absolute Gasteiger partial charge is 0.310 e. The SMILES string of the molecule is COC(=O)Cc1cc(Nc2nccc(Nc3ccnc(-c4cccc(C)n4)n3)n2)ccc1N1CCNCC1. The Hall–Kier alpha value is -4.64. The summed E-state index contributed by atoms with van der Waals surface area (Å²) in [4.78, 5) is 36.7. The van der Waals surface area contributed by atoms with Gasteiger partial charge in [0.05, 0.1) is 13.5 Å². The molecule has 0 aliphatic carbocycles. The number of nitrogens with zero attached hydrogens (tertiary/aromatic N) is 6. The predicted octanol–water partition coefficient (Wildman–Crippen LogP) is 3.25. The summed E-state index contributed by atoms with van der Waals surface area (Å²) in [7, 11) is 1.40. The lowest BCUT2D eigenvalue weighted by Gasteiger charge is -2.31. The van der Waals surface area contributed by atoms with Gasteiger partial charge < -0.3 is 25.6 Å². The summed E-state index contributed by atoms with van der Waals surface area (Å²) in [5, 5.41) is 9.81. The standard InChI is InChI=1S/C27H29N9O2/c1-18-4-3-5-21(31-18)26-29-10-8-23(34-26)33-24-9-11-30-27(35-24)32-20-6-7-22(36-14-12-28-13-15-36)19(16-20)17-25(37)38-2/h3-11,16,28H,12-15,17H2,1-2H3,(H2,29,30,32,33,34,35). The number of nitrogens with one attached hydrogen (secondary N) is 3. The molecule has 0 unspecified atom stereocenters. The Morgan fingerprint density at radius 2 is 1.76 bits per heavy atom. The second-order valence-electron chi connectivity index (χ2n) is 8.78. The molecule has 0 saturated carbocycles. The summed E-state index contributed by atoms with van der Waals surface area (Å²) < 4.78 is 4.93. The van der Waals surface area contributed by atoms with Crippen LogP contribution in [0.4, 0.5) is 29.0 Å². The number of carbonyl (C=O) groups is 1. The molecule has 38 heavy (non-hydrogen) atoms. The fourth-order valence-electron chi connectivity index (χ4n) is 4.21. The highest BCUT2D eigenvalue weighted by Crippen LogP contribution is 2.27. The van der Waals surface area contributed by atoms with E-state index in [0.717, 1.165) is 48.8 Å². The van der Waals surface area contributed by atoms with Gasteiger partial charge >= 0.3 is 5.97 Å². The molecule has 0 amide bonds. The molecule has 4 aromatic rings. The van der Waals surface area contributed by atoms with E-state index in [1.54, 1.807) is 24.5 Å². The largest absolute Gasteiger partial charge is 0.469 e. The zero-order chi connectivity index (χ0) is 26.3. The Kier molecular flexibility index (Phi) is 7.65. The Labute approximate surface area is 220 Å². The fraction of sp³-hybridized carbons (Fsp3) is 0.259. The first-order chi connectivity index (χ1) is 18.6.